The smallest absolute Gasteiger partial charge is 0.141 e. The first kappa shape index (κ1) is 14.5. The quantitative estimate of drug-likeness (QED) is 0.782. The maximum Gasteiger partial charge on any atom is 0.141 e. The number of aryl methyl sites for hydroxylation is 1. The van der Waals surface area contributed by atoms with Crippen LogP contribution in [0.25, 0.3) is 10.9 Å². The predicted octanol–water partition coefficient (Wildman–Crippen LogP) is 4.16. The number of nitrogens with one attached hydrogen (secondary N) is 1. The molecule has 1 saturated carbocycles. The predicted molar refractivity (Wildman–Crippen MR) is 93.3 cm³/mol. The molecule has 0 saturated heterocycles. The fourth-order valence-corrected chi connectivity index (χ4v) is 3.72. The minimum absolute atomic E-state index is 0.0507. The Balaban J connectivity index is 1.47. The molecule has 0 radical (unpaired) electrons. The molecule has 1 N–H and O–H groups in total. The summed E-state index contributed by atoms with van der Waals surface area (Å²) in [4.78, 5) is 4.51. The zero-order valence-corrected chi connectivity index (χ0v) is 13.8. The van der Waals surface area contributed by atoms with E-state index in [2.05, 4.69) is 27.3 Å². The zero-order valence-electron chi connectivity index (χ0n) is 13.8. The van der Waals surface area contributed by atoms with Crippen LogP contribution in [0.2, 0.25) is 0 Å². The minimum atomic E-state index is -0.0507. The van der Waals surface area contributed by atoms with Crippen molar-refractivity contribution in [2.75, 3.05) is 0 Å². The molecule has 0 spiro atoms. The molecule has 5 heteroatoms. The molecule has 5 rings (SSSR count). The lowest BCUT2D eigenvalue weighted by Crippen LogP contribution is -2.17. The van der Waals surface area contributed by atoms with Gasteiger partial charge in [-0.15, -0.1) is 0 Å². The van der Waals surface area contributed by atoms with Crippen molar-refractivity contribution in [1.82, 2.24) is 15.2 Å². The van der Waals surface area contributed by atoms with E-state index in [-0.39, 0.29) is 6.10 Å². The van der Waals surface area contributed by atoms with E-state index in [0.717, 1.165) is 41.8 Å². The molecule has 2 heterocycles. The molecule has 5 nitrogen and oxygen atoms in total. The normalized spacial score (nSPS) is 19.4. The zero-order chi connectivity index (χ0) is 16.8. The van der Waals surface area contributed by atoms with Crippen LogP contribution in [0.15, 0.2) is 30.5 Å². The van der Waals surface area contributed by atoms with Crippen molar-refractivity contribution in [1.29, 1.82) is 5.26 Å². The summed E-state index contributed by atoms with van der Waals surface area (Å²) < 4.78 is 6.30. The summed E-state index contributed by atoms with van der Waals surface area (Å²) in [7, 11) is 0. The summed E-state index contributed by atoms with van der Waals surface area (Å²) in [5.74, 6) is 1.46. The van der Waals surface area contributed by atoms with E-state index in [1.54, 1.807) is 6.20 Å². The van der Waals surface area contributed by atoms with Crippen LogP contribution in [0.1, 0.15) is 60.2 Å². The Morgan fingerprint density at radius 1 is 1.16 bits per heavy atom. The summed E-state index contributed by atoms with van der Waals surface area (Å²) in [6.45, 7) is 0. The van der Waals surface area contributed by atoms with E-state index >= 15 is 0 Å². The monoisotopic (exact) mass is 330 g/mol. The van der Waals surface area contributed by atoms with Crippen LogP contribution in [0.4, 0.5) is 0 Å². The second-order valence-electron chi connectivity index (χ2n) is 6.97. The molecule has 1 fully saturated rings. The number of hydrogen-bond acceptors (Lipinski definition) is 4. The van der Waals surface area contributed by atoms with Crippen LogP contribution in [0.3, 0.4) is 0 Å². The third kappa shape index (κ3) is 2.54. The van der Waals surface area contributed by atoms with Crippen LogP contribution >= 0.6 is 0 Å². The van der Waals surface area contributed by atoms with Crippen molar-refractivity contribution >= 4 is 10.9 Å². The molecule has 1 aromatic carbocycles. The number of pyridine rings is 1. The lowest BCUT2D eigenvalue weighted by Gasteiger charge is -2.25. The van der Waals surface area contributed by atoms with Gasteiger partial charge in [0.25, 0.3) is 0 Å². The highest BCUT2D eigenvalue weighted by Gasteiger charge is 2.28. The first-order chi connectivity index (χ1) is 12.3. The second-order valence-corrected chi connectivity index (χ2v) is 6.97. The van der Waals surface area contributed by atoms with Gasteiger partial charge in [0.15, 0.2) is 0 Å². The van der Waals surface area contributed by atoms with Crippen LogP contribution in [-0.4, -0.2) is 15.2 Å². The molecule has 0 unspecified atom stereocenters. The summed E-state index contributed by atoms with van der Waals surface area (Å²) in [6, 6.07) is 10.3. The molecule has 0 aliphatic heterocycles. The fourth-order valence-electron chi connectivity index (χ4n) is 3.72. The highest BCUT2D eigenvalue weighted by Crippen LogP contribution is 2.43. The van der Waals surface area contributed by atoms with E-state index in [1.165, 1.54) is 23.9 Å². The molecular weight excluding hydrogens is 312 g/mol. The van der Waals surface area contributed by atoms with Gasteiger partial charge in [-0.3, -0.25) is 10.1 Å². The number of fused-ring (bicyclic) bond motifs is 2. The Kier molecular flexibility index (Phi) is 3.24. The lowest BCUT2D eigenvalue weighted by atomic mass is 9.93. The summed E-state index contributed by atoms with van der Waals surface area (Å²) in [5.41, 5.74) is 4.96. The van der Waals surface area contributed by atoms with Crippen LogP contribution in [0, 0.1) is 11.3 Å². The number of nitrogens with zero attached hydrogens (tertiary/aromatic N) is 3. The van der Waals surface area contributed by atoms with Gasteiger partial charge in [0.05, 0.1) is 22.5 Å². The van der Waals surface area contributed by atoms with Crippen LogP contribution in [0.5, 0.6) is 5.75 Å². The first-order valence-corrected chi connectivity index (χ1v) is 8.85. The molecule has 25 heavy (non-hydrogen) atoms. The van der Waals surface area contributed by atoms with E-state index in [0.29, 0.717) is 11.5 Å². The van der Waals surface area contributed by atoms with Crippen molar-refractivity contribution in [3.8, 4) is 11.8 Å². The minimum Gasteiger partial charge on any atom is -0.484 e. The Morgan fingerprint density at radius 3 is 2.92 bits per heavy atom. The van der Waals surface area contributed by atoms with Crippen molar-refractivity contribution < 1.29 is 4.74 Å². The molecule has 124 valence electrons. The van der Waals surface area contributed by atoms with Gasteiger partial charge >= 0.3 is 0 Å². The summed E-state index contributed by atoms with van der Waals surface area (Å²) >= 11 is 0. The van der Waals surface area contributed by atoms with Gasteiger partial charge in [-0.25, -0.2) is 0 Å². The van der Waals surface area contributed by atoms with Gasteiger partial charge in [-0.1, -0.05) is 0 Å². The van der Waals surface area contributed by atoms with Crippen LogP contribution in [-0.2, 0) is 6.42 Å². The largest absolute Gasteiger partial charge is 0.484 e. The van der Waals surface area contributed by atoms with Gasteiger partial charge < -0.3 is 4.74 Å². The molecular formula is C20H18N4O. The molecule has 2 aromatic heterocycles. The topological polar surface area (TPSA) is 74.6 Å². The average Bonchev–Trinajstić information content (AvgIpc) is 3.41. The Morgan fingerprint density at radius 2 is 2.08 bits per heavy atom. The molecule has 2 aliphatic rings. The van der Waals surface area contributed by atoms with Gasteiger partial charge in [0, 0.05) is 17.5 Å². The molecule has 0 amide bonds. The number of rotatable bonds is 3. The number of ether oxygens (including phenoxy) is 1. The standard InChI is InChI=1S/C20H18N4O/c21-10-12-8-14-2-1-3-18(20(14)22-11-12)25-15-6-7-17-16(9-15)19(24-23-17)13-4-5-13/h6-9,11,13,18H,1-5H2,(H,23,24)/t18-/m1/s1. The number of aromatic amines is 1. The van der Waals surface area contributed by atoms with E-state index in [4.69, 9.17) is 10.00 Å². The molecule has 2 aliphatic carbocycles. The number of aromatic nitrogens is 3. The molecule has 0 bridgehead atoms. The second kappa shape index (κ2) is 5.59. The van der Waals surface area contributed by atoms with Crippen molar-refractivity contribution in [3.05, 3.63) is 53.0 Å². The van der Waals surface area contributed by atoms with Gasteiger partial charge in [0.2, 0.25) is 0 Å². The maximum atomic E-state index is 9.07. The molecule has 3 aromatic rings. The van der Waals surface area contributed by atoms with Gasteiger partial charge in [-0.05, 0) is 61.9 Å². The van der Waals surface area contributed by atoms with Gasteiger partial charge in [-0.2, -0.15) is 10.4 Å². The summed E-state index contributed by atoms with van der Waals surface area (Å²) in [6.07, 6.45) is 7.01. The third-order valence-corrected chi connectivity index (χ3v) is 5.15. The van der Waals surface area contributed by atoms with Crippen LogP contribution < -0.4 is 4.74 Å². The Labute approximate surface area is 145 Å². The average molecular weight is 330 g/mol. The van der Waals surface area contributed by atoms with E-state index in [9.17, 15) is 0 Å². The summed E-state index contributed by atoms with van der Waals surface area (Å²) in [5, 5.41) is 17.8. The van der Waals surface area contributed by atoms with Crippen molar-refractivity contribution in [2.45, 2.75) is 44.1 Å². The third-order valence-electron chi connectivity index (χ3n) is 5.15. The Bertz CT molecular complexity index is 997. The SMILES string of the molecule is N#Cc1cnc2c(c1)CCC[C@H]2Oc1ccc2[nH]nc(C3CC3)c2c1. The van der Waals surface area contributed by atoms with Crippen molar-refractivity contribution in [3.63, 3.8) is 0 Å². The first-order valence-electron chi connectivity index (χ1n) is 8.85. The lowest BCUT2D eigenvalue weighted by molar-refractivity contribution is 0.178. The number of benzene rings is 1. The highest BCUT2D eigenvalue weighted by molar-refractivity contribution is 5.83. The maximum absolute atomic E-state index is 9.07. The van der Waals surface area contributed by atoms with E-state index < -0.39 is 0 Å². The fraction of sp³-hybridized carbons (Fsp3) is 0.350. The number of hydrogen-bond donors (Lipinski definition) is 1. The number of H-pyrrole nitrogens is 1. The number of nitriles is 1. The highest BCUT2D eigenvalue weighted by atomic mass is 16.5. The van der Waals surface area contributed by atoms with E-state index in [1.807, 2.05) is 18.2 Å². The Hall–Kier alpha value is -2.87. The molecule has 1 atom stereocenters. The van der Waals surface area contributed by atoms with Gasteiger partial charge in [0.1, 0.15) is 17.9 Å². The van der Waals surface area contributed by atoms with Crippen molar-refractivity contribution in [2.24, 2.45) is 0 Å².